The fourth-order valence-corrected chi connectivity index (χ4v) is 4.49. The molecule has 1 aliphatic carbocycles. The van der Waals surface area contributed by atoms with Crippen molar-refractivity contribution in [3.8, 4) is 0 Å². The highest BCUT2D eigenvalue weighted by Gasteiger charge is 2.19. The van der Waals surface area contributed by atoms with E-state index in [9.17, 15) is 4.79 Å². The Hall–Kier alpha value is -2.40. The molecular formula is C21H21N3OS. The van der Waals surface area contributed by atoms with Crippen molar-refractivity contribution in [1.29, 1.82) is 0 Å². The van der Waals surface area contributed by atoms with Crippen LogP contribution in [-0.2, 0) is 17.6 Å². The Bertz CT molecular complexity index is 971. The van der Waals surface area contributed by atoms with E-state index >= 15 is 0 Å². The molecular weight excluding hydrogens is 342 g/mol. The van der Waals surface area contributed by atoms with Crippen LogP contribution in [0.25, 0.3) is 10.9 Å². The SMILES string of the molecule is Cc1cccc(NC(=O)CSc2c3c(nc4ccccc24)CCCC3)n1. The van der Waals surface area contributed by atoms with Crippen molar-refractivity contribution in [2.45, 2.75) is 37.5 Å². The van der Waals surface area contributed by atoms with E-state index in [0.29, 0.717) is 11.6 Å². The minimum atomic E-state index is -0.0291. The highest BCUT2D eigenvalue weighted by Crippen LogP contribution is 2.35. The molecule has 0 bridgehead atoms. The smallest absolute Gasteiger partial charge is 0.235 e. The van der Waals surface area contributed by atoms with Crippen LogP contribution in [0.1, 0.15) is 29.8 Å². The Morgan fingerprint density at radius 3 is 2.81 bits per heavy atom. The normalized spacial score (nSPS) is 13.4. The molecule has 0 spiro atoms. The van der Waals surface area contributed by atoms with Crippen LogP contribution in [0.5, 0.6) is 0 Å². The van der Waals surface area contributed by atoms with E-state index in [1.54, 1.807) is 11.8 Å². The molecule has 0 atom stereocenters. The molecule has 0 radical (unpaired) electrons. The first kappa shape index (κ1) is 17.0. The Kier molecular flexibility index (Phi) is 4.89. The number of aryl methyl sites for hydroxylation is 2. The second kappa shape index (κ2) is 7.46. The van der Waals surface area contributed by atoms with Gasteiger partial charge in [0, 0.05) is 21.7 Å². The first-order valence-electron chi connectivity index (χ1n) is 8.97. The number of nitrogens with zero attached hydrogens (tertiary/aromatic N) is 2. The molecule has 0 fully saturated rings. The van der Waals surface area contributed by atoms with Gasteiger partial charge in [-0.05, 0) is 56.4 Å². The zero-order valence-electron chi connectivity index (χ0n) is 14.8. The van der Waals surface area contributed by atoms with E-state index in [2.05, 4.69) is 22.4 Å². The van der Waals surface area contributed by atoms with Gasteiger partial charge in [0.25, 0.3) is 0 Å². The lowest BCUT2D eigenvalue weighted by molar-refractivity contribution is -0.113. The average molecular weight is 363 g/mol. The standard InChI is InChI=1S/C21H21N3OS/c1-14-7-6-12-19(22-14)24-20(25)13-26-21-15-8-2-4-10-17(15)23-18-11-5-3-9-16(18)21/h2,4,6-8,10,12H,3,5,9,11,13H2,1H3,(H,22,24,25). The number of anilines is 1. The van der Waals surface area contributed by atoms with E-state index in [-0.39, 0.29) is 5.91 Å². The quantitative estimate of drug-likeness (QED) is 0.691. The van der Waals surface area contributed by atoms with E-state index in [1.165, 1.54) is 29.0 Å². The molecule has 132 valence electrons. The number of thioether (sulfide) groups is 1. The van der Waals surface area contributed by atoms with E-state index in [0.717, 1.165) is 29.4 Å². The van der Waals surface area contributed by atoms with Gasteiger partial charge in [-0.15, -0.1) is 11.8 Å². The van der Waals surface area contributed by atoms with E-state index in [1.807, 2.05) is 37.3 Å². The number of aromatic nitrogens is 2. The summed E-state index contributed by atoms with van der Waals surface area (Å²) in [5.74, 6) is 0.951. The number of carbonyl (C=O) groups is 1. The van der Waals surface area contributed by atoms with Crippen LogP contribution in [0, 0.1) is 6.92 Å². The van der Waals surface area contributed by atoms with Crippen LogP contribution in [0.15, 0.2) is 47.4 Å². The molecule has 5 heteroatoms. The van der Waals surface area contributed by atoms with Crippen LogP contribution in [-0.4, -0.2) is 21.6 Å². The van der Waals surface area contributed by atoms with Crippen LogP contribution >= 0.6 is 11.8 Å². The Balaban J connectivity index is 1.57. The molecule has 1 aromatic carbocycles. The molecule has 2 heterocycles. The van der Waals surface area contributed by atoms with Crippen molar-refractivity contribution in [3.63, 3.8) is 0 Å². The molecule has 1 amide bonds. The predicted octanol–water partition coefficient (Wildman–Crippen LogP) is 4.55. The molecule has 1 aliphatic rings. The van der Waals surface area contributed by atoms with Crippen LogP contribution in [0.4, 0.5) is 5.82 Å². The molecule has 26 heavy (non-hydrogen) atoms. The first-order chi connectivity index (χ1) is 12.7. The summed E-state index contributed by atoms with van der Waals surface area (Å²) >= 11 is 1.62. The van der Waals surface area contributed by atoms with Gasteiger partial charge in [0.15, 0.2) is 0 Å². The van der Waals surface area contributed by atoms with Gasteiger partial charge >= 0.3 is 0 Å². The van der Waals surface area contributed by atoms with Crippen LogP contribution in [0.2, 0.25) is 0 Å². The maximum Gasteiger partial charge on any atom is 0.235 e. The maximum absolute atomic E-state index is 12.4. The summed E-state index contributed by atoms with van der Waals surface area (Å²) in [7, 11) is 0. The number of hydrogen-bond acceptors (Lipinski definition) is 4. The van der Waals surface area contributed by atoms with Crippen LogP contribution < -0.4 is 5.32 Å². The minimum absolute atomic E-state index is 0.0291. The third-order valence-electron chi connectivity index (χ3n) is 4.62. The topological polar surface area (TPSA) is 54.9 Å². The van der Waals surface area contributed by atoms with Gasteiger partial charge in [0.05, 0.1) is 11.3 Å². The molecule has 4 nitrogen and oxygen atoms in total. The Morgan fingerprint density at radius 1 is 1.08 bits per heavy atom. The van der Waals surface area contributed by atoms with E-state index < -0.39 is 0 Å². The number of nitrogens with one attached hydrogen (secondary N) is 1. The van der Waals surface area contributed by atoms with Gasteiger partial charge in [-0.2, -0.15) is 0 Å². The first-order valence-corrected chi connectivity index (χ1v) is 9.96. The highest BCUT2D eigenvalue weighted by atomic mass is 32.2. The van der Waals surface area contributed by atoms with Gasteiger partial charge in [0.1, 0.15) is 5.82 Å². The number of para-hydroxylation sites is 1. The maximum atomic E-state index is 12.4. The third-order valence-corrected chi connectivity index (χ3v) is 5.78. The summed E-state index contributed by atoms with van der Waals surface area (Å²) in [4.78, 5) is 22.8. The molecule has 0 saturated carbocycles. The zero-order chi connectivity index (χ0) is 17.9. The fraction of sp³-hybridized carbons (Fsp3) is 0.286. The van der Waals surface area contributed by atoms with Crippen molar-refractivity contribution in [3.05, 3.63) is 59.4 Å². The summed E-state index contributed by atoms with van der Waals surface area (Å²) in [6.07, 6.45) is 4.48. The lowest BCUT2D eigenvalue weighted by atomic mass is 9.94. The number of amides is 1. The third kappa shape index (κ3) is 3.58. The number of carbonyl (C=O) groups excluding carboxylic acids is 1. The van der Waals surface area contributed by atoms with Crippen molar-refractivity contribution >= 4 is 34.4 Å². The molecule has 0 aliphatic heterocycles. The summed E-state index contributed by atoms with van der Waals surface area (Å²) in [6, 6.07) is 13.9. The van der Waals surface area contributed by atoms with Crippen molar-refractivity contribution in [2.75, 3.05) is 11.1 Å². The highest BCUT2D eigenvalue weighted by molar-refractivity contribution is 8.00. The number of benzene rings is 1. The second-order valence-corrected chi connectivity index (χ2v) is 7.58. The molecule has 3 aromatic rings. The second-order valence-electron chi connectivity index (χ2n) is 6.59. The fourth-order valence-electron chi connectivity index (χ4n) is 3.42. The van der Waals surface area contributed by atoms with Crippen molar-refractivity contribution < 1.29 is 4.79 Å². The van der Waals surface area contributed by atoms with Crippen molar-refractivity contribution in [2.24, 2.45) is 0 Å². The summed E-state index contributed by atoms with van der Waals surface area (Å²) < 4.78 is 0. The van der Waals surface area contributed by atoms with Gasteiger partial charge in [0.2, 0.25) is 5.91 Å². The van der Waals surface area contributed by atoms with Gasteiger partial charge in [-0.3, -0.25) is 9.78 Å². The molecule has 0 unspecified atom stereocenters. The van der Waals surface area contributed by atoms with Crippen LogP contribution in [0.3, 0.4) is 0 Å². The summed E-state index contributed by atoms with van der Waals surface area (Å²) in [6.45, 7) is 1.92. The molecule has 1 N–H and O–H groups in total. The van der Waals surface area contributed by atoms with Gasteiger partial charge in [-0.25, -0.2) is 4.98 Å². The van der Waals surface area contributed by atoms with E-state index in [4.69, 9.17) is 4.98 Å². The summed E-state index contributed by atoms with van der Waals surface area (Å²) in [5.41, 5.74) is 4.46. The summed E-state index contributed by atoms with van der Waals surface area (Å²) in [5, 5.41) is 4.05. The number of rotatable bonds is 4. The van der Waals surface area contributed by atoms with Gasteiger partial charge in [-0.1, -0.05) is 24.3 Å². The number of hydrogen-bond donors (Lipinski definition) is 1. The Morgan fingerprint density at radius 2 is 1.92 bits per heavy atom. The minimum Gasteiger partial charge on any atom is -0.310 e. The lowest BCUT2D eigenvalue weighted by Crippen LogP contribution is -2.16. The molecule has 4 rings (SSSR count). The molecule has 0 saturated heterocycles. The van der Waals surface area contributed by atoms with Gasteiger partial charge < -0.3 is 5.32 Å². The number of pyridine rings is 2. The zero-order valence-corrected chi connectivity index (χ0v) is 15.6. The van der Waals surface area contributed by atoms with Crippen molar-refractivity contribution in [1.82, 2.24) is 9.97 Å². The molecule has 2 aromatic heterocycles. The number of fused-ring (bicyclic) bond motifs is 2. The largest absolute Gasteiger partial charge is 0.310 e. The predicted molar refractivity (Wildman–Crippen MR) is 107 cm³/mol. The Labute approximate surface area is 157 Å². The average Bonchev–Trinajstić information content (AvgIpc) is 2.65. The lowest BCUT2D eigenvalue weighted by Gasteiger charge is -2.20. The monoisotopic (exact) mass is 363 g/mol.